The average molecular weight is 205 g/mol. The highest BCUT2D eigenvalue weighted by Crippen LogP contribution is 1.99. The lowest BCUT2D eigenvalue weighted by molar-refractivity contribution is 0.172. The smallest absolute Gasteiger partial charge is 0.407 e. The Morgan fingerprint density at radius 1 is 1.33 bits per heavy atom. The molecule has 0 spiro atoms. The molecule has 0 saturated carbocycles. The van der Waals surface area contributed by atoms with Crippen LogP contribution in [0, 0.1) is 0 Å². The van der Waals surface area contributed by atoms with Crippen LogP contribution in [0.15, 0.2) is 42.5 Å². The average Bonchev–Trinajstić information content (AvgIpc) is 2.29. The molecule has 1 aromatic carbocycles. The predicted molar refractivity (Wildman–Crippen MR) is 59.7 cm³/mol. The van der Waals surface area contributed by atoms with E-state index < -0.39 is 6.09 Å². The third kappa shape index (κ3) is 4.86. The van der Waals surface area contributed by atoms with E-state index in [0.29, 0.717) is 6.54 Å². The Hall–Kier alpha value is -1.77. The predicted octanol–water partition coefficient (Wildman–Crippen LogP) is 2.14. The Bertz CT molecular complexity index is 320. The first kappa shape index (κ1) is 11.3. The molecule has 0 radical (unpaired) electrons. The van der Waals surface area contributed by atoms with Gasteiger partial charge in [0.2, 0.25) is 0 Å². The first-order chi connectivity index (χ1) is 7.33. The SMILES string of the molecule is COC(=O)NC/C=C/Cc1ccccc1. The van der Waals surface area contributed by atoms with E-state index in [4.69, 9.17) is 0 Å². The summed E-state index contributed by atoms with van der Waals surface area (Å²) >= 11 is 0. The monoisotopic (exact) mass is 205 g/mol. The number of carbonyl (C=O) groups is 1. The molecule has 0 aliphatic carbocycles. The number of benzene rings is 1. The van der Waals surface area contributed by atoms with Gasteiger partial charge in [-0.3, -0.25) is 0 Å². The number of nitrogens with one attached hydrogen (secondary N) is 1. The molecule has 1 amide bonds. The number of carbonyl (C=O) groups excluding carboxylic acids is 1. The molecule has 3 heteroatoms. The second-order valence-electron chi connectivity index (χ2n) is 3.03. The standard InChI is InChI=1S/C12H15NO2/c1-15-12(14)13-10-6-5-9-11-7-3-2-4-8-11/h2-8H,9-10H2,1H3,(H,13,14)/b6-5+. The second kappa shape index (κ2) is 6.65. The van der Waals surface area contributed by atoms with E-state index in [0.717, 1.165) is 6.42 Å². The first-order valence-electron chi connectivity index (χ1n) is 4.83. The fourth-order valence-electron chi connectivity index (χ4n) is 1.13. The normalized spacial score (nSPS) is 10.2. The summed E-state index contributed by atoms with van der Waals surface area (Å²) in [5.41, 5.74) is 1.26. The van der Waals surface area contributed by atoms with Crippen LogP contribution < -0.4 is 5.32 Å². The molecule has 3 nitrogen and oxygen atoms in total. The van der Waals surface area contributed by atoms with E-state index in [-0.39, 0.29) is 0 Å². The van der Waals surface area contributed by atoms with Crippen molar-refractivity contribution in [3.8, 4) is 0 Å². The molecule has 0 aliphatic rings. The Balaban J connectivity index is 2.20. The minimum absolute atomic E-state index is 0.403. The zero-order valence-corrected chi connectivity index (χ0v) is 8.77. The van der Waals surface area contributed by atoms with Crippen LogP contribution in [0.2, 0.25) is 0 Å². The highest BCUT2D eigenvalue weighted by atomic mass is 16.5. The number of ether oxygens (including phenoxy) is 1. The van der Waals surface area contributed by atoms with Crippen LogP contribution in [0.5, 0.6) is 0 Å². The minimum Gasteiger partial charge on any atom is -0.453 e. The lowest BCUT2D eigenvalue weighted by atomic mass is 10.1. The van der Waals surface area contributed by atoms with Gasteiger partial charge in [0.15, 0.2) is 0 Å². The van der Waals surface area contributed by atoms with E-state index in [9.17, 15) is 4.79 Å². The third-order valence-electron chi connectivity index (χ3n) is 1.91. The minimum atomic E-state index is -0.403. The number of methoxy groups -OCH3 is 1. The fourth-order valence-corrected chi connectivity index (χ4v) is 1.13. The van der Waals surface area contributed by atoms with Crippen molar-refractivity contribution in [3.63, 3.8) is 0 Å². The van der Waals surface area contributed by atoms with Crippen molar-refractivity contribution in [3.05, 3.63) is 48.0 Å². The molecular formula is C12H15NO2. The summed E-state index contributed by atoms with van der Waals surface area (Å²) < 4.78 is 4.43. The summed E-state index contributed by atoms with van der Waals surface area (Å²) in [4.78, 5) is 10.7. The number of hydrogen-bond donors (Lipinski definition) is 1. The zero-order chi connectivity index (χ0) is 10.9. The summed E-state index contributed by atoms with van der Waals surface area (Å²) in [7, 11) is 1.35. The molecule has 0 bridgehead atoms. The molecule has 0 saturated heterocycles. The molecule has 1 N–H and O–H groups in total. The molecule has 15 heavy (non-hydrogen) atoms. The fraction of sp³-hybridized carbons (Fsp3) is 0.250. The molecular weight excluding hydrogens is 190 g/mol. The van der Waals surface area contributed by atoms with Gasteiger partial charge in [0.05, 0.1) is 7.11 Å². The molecule has 1 aromatic rings. The molecule has 0 aliphatic heterocycles. The molecule has 80 valence electrons. The first-order valence-corrected chi connectivity index (χ1v) is 4.83. The van der Waals surface area contributed by atoms with Crippen molar-refractivity contribution in [1.82, 2.24) is 5.32 Å². The van der Waals surface area contributed by atoms with E-state index in [1.165, 1.54) is 12.7 Å². The summed E-state index contributed by atoms with van der Waals surface area (Å²) in [5.74, 6) is 0. The van der Waals surface area contributed by atoms with Gasteiger partial charge in [0.1, 0.15) is 0 Å². The number of allylic oxidation sites excluding steroid dienone is 1. The Labute approximate surface area is 89.8 Å². The topological polar surface area (TPSA) is 38.3 Å². The maximum absolute atomic E-state index is 10.7. The summed E-state index contributed by atoms with van der Waals surface area (Å²) in [6.45, 7) is 0.500. The number of amides is 1. The Morgan fingerprint density at radius 3 is 2.73 bits per heavy atom. The summed E-state index contributed by atoms with van der Waals surface area (Å²) in [5, 5.41) is 2.57. The van der Waals surface area contributed by atoms with Gasteiger partial charge in [-0.15, -0.1) is 0 Å². The van der Waals surface area contributed by atoms with Crippen LogP contribution in [-0.2, 0) is 11.2 Å². The quantitative estimate of drug-likeness (QED) is 0.765. The maximum Gasteiger partial charge on any atom is 0.407 e. The van der Waals surface area contributed by atoms with E-state index >= 15 is 0 Å². The lowest BCUT2D eigenvalue weighted by Crippen LogP contribution is -2.22. The number of rotatable bonds is 4. The molecule has 0 fully saturated rings. The van der Waals surface area contributed by atoms with Crippen molar-refractivity contribution in [2.24, 2.45) is 0 Å². The summed E-state index contributed by atoms with van der Waals surface area (Å²) in [6, 6.07) is 10.1. The van der Waals surface area contributed by atoms with Gasteiger partial charge in [-0.25, -0.2) is 4.79 Å². The lowest BCUT2D eigenvalue weighted by Gasteiger charge is -1.98. The van der Waals surface area contributed by atoms with Gasteiger partial charge in [0, 0.05) is 6.54 Å². The van der Waals surface area contributed by atoms with Crippen molar-refractivity contribution in [2.45, 2.75) is 6.42 Å². The van der Waals surface area contributed by atoms with Gasteiger partial charge < -0.3 is 10.1 Å². The van der Waals surface area contributed by atoms with Gasteiger partial charge in [-0.2, -0.15) is 0 Å². The molecule has 0 aromatic heterocycles. The molecule has 1 rings (SSSR count). The van der Waals surface area contributed by atoms with Gasteiger partial charge in [0.25, 0.3) is 0 Å². The molecule has 0 heterocycles. The van der Waals surface area contributed by atoms with E-state index in [1.807, 2.05) is 30.4 Å². The largest absolute Gasteiger partial charge is 0.453 e. The van der Waals surface area contributed by atoms with Crippen LogP contribution in [-0.4, -0.2) is 19.7 Å². The highest BCUT2D eigenvalue weighted by Gasteiger charge is 1.92. The van der Waals surface area contributed by atoms with Crippen molar-refractivity contribution in [1.29, 1.82) is 0 Å². The highest BCUT2D eigenvalue weighted by molar-refractivity contribution is 5.66. The van der Waals surface area contributed by atoms with Crippen LogP contribution in [0.1, 0.15) is 5.56 Å². The van der Waals surface area contributed by atoms with Crippen molar-refractivity contribution in [2.75, 3.05) is 13.7 Å². The van der Waals surface area contributed by atoms with Crippen molar-refractivity contribution < 1.29 is 9.53 Å². The van der Waals surface area contributed by atoms with Crippen LogP contribution in [0.3, 0.4) is 0 Å². The Kier molecular flexibility index (Phi) is 5.01. The number of alkyl carbamates (subject to hydrolysis) is 1. The van der Waals surface area contributed by atoms with E-state index in [2.05, 4.69) is 22.2 Å². The van der Waals surface area contributed by atoms with Gasteiger partial charge >= 0.3 is 6.09 Å². The van der Waals surface area contributed by atoms with Gasteiger partial charge in [-0.05, 0) is 12.0 Å². The summed E-state index contributed by atoms with van der Waals surface area (Å²) in [6.07, 6.45) is 4.40. The third-order valence-corrected chi connectivity index (χ3v) is 1.91. The van der Waals surface area contributed by atoms with Crippen LogP contribution in [0.4, 0.5) is 4.79 Å². The van der Waals surface area contributed by atoms with E-state index in [1.54, 1.807) is 0 Å². The van der Waals surface area contributed by atoms with Gasteiger partial charge in [-0.1, -0.05) is 42.5 Å². The van der Waals surface area contributed by atoms with Crippen LogP contribution >= 0.6 is 0 Å². The Morgan fingerprint density at radius 2 is 2.07 bits per heavy atom. The molecule has 0 unspecified atom stereocenters. The zero-order valence-electron chi connectivity index (χ0n) is 8.77. The maximum atomic E-state index is 10.7. The molecule has 0 atom stereocenters. The number of hydrogen-bond acceptors (Lipinski definition) is 2. The second-order valence-corrected chi connectivity index (χ2v) is 3.03. The van der Waals surface area contributed by atoms with Crippen LogP contribution in [0.25, 0.3) is 0 Å². The van der Waals surface area contributed by atoms with Crippen molar-refractivity contribution >= 4 is 6.09 Å².